The van der Waals surface area contributed by atoms with Crippen LogP contribution in [0.3, 0.4) is 0 Å². The molecule has 0 amide bonds. The summed E-state index contributed by atoms with van der Waals surface area (Å²) in [4.78, 5) is 16.5. The lowest BCUT2D eigenvalue weighted by atomic mass is 10.2. The Morgan fingerprint density at radius 3 is 2.92 bits per heavy atom. The van der Waals surface area contributed by atoms with Crippen molar-refractivity contribution < 1.29 is 14.3 Å². The van der Waals surface area contributed by atoms with Gasteiger partial charge < -0.3 is 9.47 Å². The Morgan fingerprint density at radius 2 is 2.12 bits per heavy atom. The van der Waals surface area contributed by atoms with Gasteiger partial charge in [-0.15, -0.1) is 0 Å². The number of nitrogens with zero attached hydrogens (tertiary/aromatic N) is 1. The van der Waals surface area contributed by atoms with Crippen LogP contribution in [0.4, 0.5) is 0 Å². The lowest BCUT2D eigenvalue weighted by Gasteiger charge is -2.05. The molecule has 2 aromatic carbocycles. The number of hydrogen-bond acceptors (Lipinski definition) is 4. The Morgan fingerprint density at radius 1 is 1.27 bits per heavy atom. The summed E-state index contributed by atoms with van der Waals surface area (Å²) in [7, 11) is 0. The molecule has 2 aromatic rings. The molecule has 0 N–H and O–H groups in total. The van der Waals surface area contributed by atoms with Crippen molar-refractivity contribution in [1.29, 1.82) is 0 Å². The summed E-state index contributed by atoms with van der Waals surface area (Å²) in [6, 6.07) is 13.0. The second-order valence-corrected chi connectivity index (χ2v) is 7.39. The molecule has 0 aromatic heterocycles. The van der Waals surface area contributed by atoms with E-state index in [2.05, 4.69) is 34.5 Å². The molecule has 0 saturated carbocycles. The standard InChI is InChI=1S/C20H17ClINO3/c1-2-3-9-25-15-6-4-5-13(10-15)11-18-20(24)26-19(23-18)16-12-14(22)7-8-17(16)21/h4-8,10-12H,2-3,9H2,1H3/b18-11-. The number of cyclic esters (lactones) is 1. The fourth-order valence-electron chi connectivity index (χ4n) is 2.37. The van der Waals surface area contributed by atoms with Crippen molar-refractivity contribution in [2.24, 2.45) is 4.99 Å². The van der Waals surface area contributed by atoms with Gasteiger partial charge in [0, 0.05) is 3.57 Å². The van der Waals surface area contributed by atoms with Crippen molar-refractivity contribution in [3.05, 3.63) is 67.9 Å². The van der Waals surface area contributed by atoms with Crippen LogP contribution in [0, 0.1) is 3.57 Å². The van der Waals surface area contributed by atoms with Gasteiger partial charge in [-0.25, -0.2) is 9.79 Å². The molecular weight excluding hydrogens is 465 g/mol. The van der Waals surface area contributed by atoms with Crippen LogP contribution in [-0.4, -0.2) is 18.5 Å². The molecule has 0 spiro atoms. The Bertz CT molecular complexity index is 892. The Labute approximate surface area is 171 Å². The van der Waals surface area contributed by atoms with Crippen LogP contribution in [0.1, 0.15) is 30.9 Å². The van der Waals surface area contributed by atoms with Crippen molar-refractivity contribution in [2.45, 2.75) is 19.8 Å². The third-order valence-electron chi connectivity index (χ3n) is 3.71. The first-order chi connectivity index (χ1) is 12.6. The van der Waals surface area contributed by atoms with Gasteiger partial charge in [-0.2, -0.15) is 0 Å². The van der Waals surface area contributed by atoms with E-state index in [0.29, 0.717) is 17.2 Å². The maximum Gasteiger partial charge on any atom is 0.363 e. The number of aliphatic imine (C=N–C) groups is 1. The summed E-state index contributed by atoms with van der Waals surface area (Å²) in [6.45, 7) is 2.79. The van der Waals surface area contributed by atoms with Crippen LogP contribution in [0.15, 0.2) is 53.2 Å². The Kier molecular flexibility index (Phi) is 6.32. The highest BCUT2D eigenvalue weighted by atomic mass is 127. The van der Waals surface area contributed by atoms with Crippen LogP contribution < -0.4 is 4.74 Å². The number of rotatable bonds is 6. The zero-order valence-electron chi connectivity index (χ0n) is 14.2. The largest absolute Gasteiger partial charge is 0.494 e. The predicted octanol–water partition coefficient (Wildman–Crippen LogP) is 5.47. The number of ether oxygens (including phenoxy) is 2. The van der Waals surface area contributed by atoms with E-state index in [9.17, 15) is 4.79 Å². The van der Waals surface area contributed by atoms with E-state index < -0.39 is 5.97 Å². The second-order valence-electron chi connectivity index (χ2n) is 5.73. The fourth-order valence-corrected chi connectivity index (χ4v) is 3.06. The van der Waals surface area contributed by atoms with E-state index in [1.54, 1.807) is 12.1 Å². The smallest absolute Gasteiger partial charge is 0.363 e. The number of hydrogen-bond donors (Lipinski definition) is 0. The molecular formula is C20H17ClINO3. The van der Waals surface area contributed by atoms with Crippen molar-refractivity contribution in [2.75, 3.05) is 6.61 Å². The fraction of sp³-hybridized carbons (Fsp3) is 0.200. The molecule has 6 heteroatoms. The molecule has 0 fully saturated rings. The molecule has 1 aliphatic rings. The lowest BCUT2D eigenvalue weighted by molar-refractivity contribution is -0.129. The van der Waals surface area contributed by atoms with Gasteiger partial charge in [0.2, 0.25) is 5.90 Å². The Hall–Kier alpha value is -1.86. The lowest BCUT2D eigenvalue weighted by Crippen LogP contribution is -2.06. The third-order valence-corrected chi connectivity index (χ3v) is 4.71. The van der Waals surface area contributed by atoms with E-state index in [1.807, 2.05) is 36.4 Å². The normalized spacial score (nSPS) is 15.1. The minimum atomic E-state index is -0.493. The van der Waals surface area contributed by atoms with Crippen LogP contribution >= 0.6 is 34.2 Å². The number of carbonyl (C=O) groups excluding carboxylic acids is 1. The van der Waals surface area contributed by atoms with E-state index in [0.717, 1.165) is 27.7 Å². The first-order valence-corrected chi connectivity index (χ1v) is 9.73. The SMILES string of the molecule is CCCCOc1cccc(/C=C2\N=C(c3cc(I)ccc3Cl)OC2=O)c1. The minimum absolute atomic E-state index is 0.222. The Balaban J connectivity index is 1.84. The summed E-state index contributed by atoms with van der Waals surface area (Å²) in [5, 5.41) is 0.490. The molecule has 1 heterocycles. The highest BCUT2D eigenvalue weighted by molar-refractivity contribution is 14.1. The molecule has 134 valence electrons. The van der Waals surface area contributed by atoms with Gasteiger partial charge in [-0.05, 0) is 71.0 Å². The quantitative estimate of drug-likeness (QED) is 0.238. The van der Waals surface area contributed by atoms with Gasteiger partial charge in [-0.1, -0.05) is 37.1 Å². The maximum absolute atomic E-state index is 12.2. The van der Waals surface area contributed by atoms with E-state index in [4.69, 9.17) is 21.1 Å². The molecule has 3 rings (SSSR count). The monoisotopic (exact) mass is 481 g/mol. The van der Waals surface area contributed by atoms with Gasteiger partial charge in [0.1, 0.15) is 5.75 Å². The van der Waals surface area contributed by atoms with Gasteiger partial charge >= 0.3 is 5.97 Å². The van der Waals surface area contributed by atoms with Crippen molar-refractivity contribution in [3.8, 4) is 5.75 Å². The van der Waals surface area contributed by atoms with Crippen LogP contribution in [0.2, 0.25) is 5.02 Å². The van der Waals surface area contributed by atoms with E-state index in [-0.39, 0.29) is 11.6 Å². The number of benzene rings is 2. The van der Waals surface area contributed by atoms with Crippen molar-refractivity contribution in [1.82, 2.24) is 0 Å². The molecule has 26 heavy (non-hydrogen) atoms. The first-order valence-electron chi connectivity index (χ1n) is 8.27. The minimum Gasteiger partial charge on any atom is -0.494 e. The highest BCUT2D eigenvalue weighted by Crippen LogP contribution is 2.26. The van der Waals surface area contributed by atoms with Gasteiger partial charge in [-0.3, -0.25) is 0 Å². The van der Waals surface area contributed by atoms with Gasteiger partial charge in [0.15, 0.2) is 5.70 Å². The number of carbonyl (C=O) groups is 1. The first kappa shape index (κ1) is 18.9. The van der Waals surface area contributed by atoms with Crippen molar-refractivity contribution >= 4 is 52.1 Å². The molecule has 0 saturated heterocycles. The molecule has 0 aliphatic carbocycles. The van der Waals surface area contributed by atoms with Crippen molar-refractivity contribution in [3.63, 3.8) is 0 Å². The topological polar surface area (TPSA) is 47.9 Å². The summed E-state index contributed by atoms with van der Waals surface area (Å²) >= 11 is 8.37. The van der Waals surface area contributed by atoms with E-state index in [1.165, 1.54) is 0 Å². The van der Waals surface area contributed by atoms with E-state index >= 15 is 0 Å². The predicted molar refractivity (Wildman–Crippen MR) is 112 cm³/mol. The molecule has 1 aliphatic heterocycles. The average molecular weight is 482 g/mol. The molecule has 0 atom stereocenters. The summed E-state index contributed by atoms with van der Waals surface area (Å²) in [5.74, 6) is 0.497. The van der Waals surface area contributed by atoms with Crippen LogP contribution in [-0.2, 0) is 9.53 Å². The zero-order chi connectivity index (χ0) is 18.5. The van der Waals surface area contributed by atoms with Crippen LogP contribution in [0.5, 0.6) is 5.75 Å². The molecule has 0 unspecified atom stereocenters. The van der Waals surface area contributed by atoms with Gasteiger partial charge in [0.05, 0.1) is 17.2 Å². The molecule has 4 nitrogen and oxygen atoms in total. The molecule has 0 bridgehead atoms. The third kappa shape index (κ3) is 4.65. The number of halogens is 2. The second kappa shape index (κ2) is 8.68. The van der Waals surface area contributed by atoms with Crippen LogP contribution in [0.25, 0.3) is 6.08 Å². The summed E-state index contributed by atoms with van der Waals surface area (Å²) in [5.41, 5.74) is 1.66. The maximum atomic E-state index is 12.2. The molecule has 0 radical (unpaired) electrons. The van der Waals surface area contributed by atoms with Gasteiger partial charge in [0.25, 0.3) is 0 Å². The zero-order valence-corrected chi connectivity index (χ0v) is 17.1. The average Bonchev–Trinajstić information content (AvgIpc) is 2.98. The highest BCUT2D eigenvalue weighted by Gasteiger charge is 2.25. The number of esters is 1. The summed E-state index contributed by atoms with van der Waals surface area (Å²) < 4.78 is 12.0. The summed E-state index contributed by atoms with van der Waals surface area (Å²) in [6.07, 6.45) is 3.76. The number of unbranched alkanes of at least 4 members (excludes halogenated alkanes) is 1.